The fraction of sp³-hybridized carbons (Fsp3) is 0.464. The van der Waals surface area contributed by atoms with Gasteiger partial charge in [-0.1, -0.05) is 60.7 Å². The number of carbonyl (C=O) groups excluding carboxylic acids is 3. The van der Waals surface area contributed by atoms with E-state index in [0.29, 0.717) is 39.0 Å². The minimum Gasteiger partial charge on any atom is -1.00 e. The van der Waals surface area contributed by atoms with E-state index in [1.807, 2.05) is 60.7 Å². The molecule has 0 unspecified atom stereocenters. The number of hydrogen-bond acceptors (Lipinski definition) is 6. The van der Waals surface area contributed by atoms with Gasteiger partial charge in [-0.3, -0.25) is 14.4 Å². The third kappa shape index (κ3) is 13.3. The first-order valence-electron chi connectivity index (χ1n) is 12.8. The number of benzene rings is 2. The van der Waals surface area contributed by atoms with Crippen LogP contribution >= 0.6 is 0 Å². The summed E-state index contributed by atoms with van der Waals surface area (Å²) in [6.45, 7) is 5.59. The van der Waals surface area contributed by atoms with Gasteiger partial charge in [0.1, 0.15) is 5.54 Å². The molecule has 2 aromatic rings. The largest absolute Gasteiger partial charge is 1.00 e. The molecular weight excluding hydrogens is 575 g/mol. The Labute approximate surface area is 256 Å². The van der Waals surface area contributed by atoms with Crippen LogP contribution in [0.25, 0.3) is 0 Å². The van der Waals surface area contributed by atoms with Crippen molar-refractivity contribution in [1.82, 2.24) is 15.1 Å². The second-order valence-corrected chi connectivity index (χ2v) is 9.65. The van der Waals surface area contributed by atoms with E-state index in [1.165, 1.54) is 4.90 Å². The van der Waals surface area contributed by atoms with E-state index in [0.717, 1.165) is 11.1 Å². The lowest BCUT2D eigenvalue weighted by Gasteiger charge is -2.33. The Kier molecular flexibility index (Phi) is 20.3. The van der Waals surface area contributed by atoms with Gasteiger partial charge in [0.15, 0.2) is 0 Å². The summed E-state index contributed by atoms with van der Waals surface area (Å²) in [5.41, 5.74) is 18.2. The molecule has 12 heteroatoms. The van der Waals surface area contributed by atoms with Crippen molar-refractivity contribution in [3.8, 4) is 0 Å². The summed E-state index contributed by atoms with van der Waals surface area (Å²) in [6, 6.07) is 18.8. The maximum absolute atomic E-state index is 13.6. The van der Waals surface area contributed by atoms with Gasteiger partial charge in [-0.05, 0) is 37.8 Å². The van der Waals surface area contributed by atoms with Crippen LogP contribution in [0.15, 0.2) is 60.7 Å². The number of rotatable bonds is 15. The Morgan fingerprint density at radius 1 is 0.750 bits per heavy atom. The molecule has 0 aliphatic heterocycles. The molecule has 7 N–H and O–H groups in total. The molecule has 0 bridgehead atoms. The summed E-state index contributed by atoms with van der Waals surface area (Å²) in [5, 5.41) is 2.77. The Morgan fingerprint density at radius 2 is 1.18 bits per heavy atom. The van der Waals surface area contributed by atoms with Gasteiger partial charge in [0.2, 0.25) is 17.7 Å². The highest BCUT2D eigenvalue weighted by atomic mass is 35.5. The topological polar surface area (TPSA) is 148 Å². The average Bonchev–Trinajstić information content (AvgIpc) is 2.89. The minimum absolute atomic E-state index is 0. The summed E-state index contributed by atoms with van der Waals surface area (Å²) in [5.74, 6) is -1.06. The number of nitrogens with zero attached hydrogens (tertiary/aromatic N) is 2. The molecule has 0 radical (unpaired) electrons. The lowest BCUT2D eigenvalue weighted by molar-refractivity contribution is -0.141. The molecule has 9 nitrogen and oxygen atoms in total. The zero-order valence-corrected chi connectivity index (χ0v) is 25.5. The van der Waals surface area contributed by atoms with E-state index in [2.05, 4.69) is 5.32 Å². The van der Waals surface area contributed by atoms with E-state index in [4.69, 9.17) is 17.2 Å². The number of hydrogen-bond donors (Lipinski definition) is 4. The smallest absolute Gasteiger partial charge is 0.247 e. The molecule has 0 fully saturated rings. The van der Waals surface area contributed by atoms with E-state index in [1.54, 1.807) is 18.7 Å². The predicted molar refractivity (Wildman–Crippen MR) is 146 cm³/mol. The number of carbonyl (C=O) groups is 3. The molecule has 0 saturated carbocycles. The lowest BCUT2D eigenvalue weighted by Crippen LogP contribution is -3.00. The summed E-state index contributed by atoms with van der Waals surface area (Å²) >= 11 is 0. The summed E-state index contributed by atoms with van der Waals surface area (Å²) in [6.07, 6.45) is 1.19. The molecule has 2 aromatic carbocycles. The zero-order chi connectivity index (χ0) is 27.3. The van der Waals surface area contributed by atoms with Crippen LogP contribution in [0.2, 0.25) is 0 Å². The first-order valence-corrected chi connectivity index (χ1v) is 12.8. The quantitative estimate of drug-likeness (QED) is 0.156. The fourth-order valence-electron chi connectivity index (χ4n) is 4.06. The van der Waals surface area contributed by atoms with Gasteiger partial charge < -0.3 is 69.5 Å². The predicted octanol–water partition coefficient (Wildman–Crippen LogP) is -8.33. The van der Waals surface area contributed by atoms with Crippen LogP contribution in [-0.4, -0.2) is 78.4 Å². The highest BCUT2D eigenvalue weighted by Gasteiger charge is 2.35. The number of nitrogens with two attached hydrogens (primary N) is 3. The molecule has 40 heavy (non-hydrogen) atoms. The highest BCUT2D eigenvalue weighted by molar-refractivity contribution is 5.94. The Balaban J connectivity index is 0. The first kappa shape index (κ1) is 39.7. The van der Waals surface area contributed by atoms with Crippen molar-refractivity contribution in [3.63, 3.8) is 0 Å². The van der Waals surface area contributed by atoms with Crippen molar-refractivity contribution >= 4 is 17.7 Å². The second-order valence-electron chi connectivity index (χ2n) is 9.65. The van der Waals surface area contributed by atoms with Gasteiger partial charge in [0.05, 0.1) is 12.5 Å². The summed E-state index contributed by atoms with van der Waals surface area (Å²) in [7, 11) is 0. The number of nitrogens with one attached hydrogen (secondary N) is 1. The molecule has 226 valence electrons. The van der Waals surface area contributed by atoms with Gasteiger partial charge in [-0.2, -0.15) is 0 Å². The van der Waals surface area contributed by atoms with Crippen LogP contribution in [-0.2, 0) is 27.2 Å². The van der Waals surface area contributed by atoms with Crippen molar-refractivity contribution in [2.24, 2.45) is 17.2 Å². The monoisotopic (exact) mass is 615 g/mol. The molecule has 1 atom stereocenters. The van der Waals surface area contributed by atoms with Gasteiger partial charge in [0, 0.05) is 39.3 Å². The standard InChI is InChI=1S/C28H42N6O3.3ClH/c1-28(2,32-26(36)24(31)21-25(35)33(19-15-29)20-16-30)27(37)34(17-13-22-9-5-3-6-10-22)18-14-23-11-7-4-8-12-23;;;/h3-12,24H,13-21,29-31H2,1-2H3,(H,32,36);3*1H/p-3/t24-;;;/m0.../s1. The lowest BCUT2D eigenvalue weighted by atomic mass is 10.0. The normalized spacial score (nSPS) is 11.1. The van der Waals surface area contributed by atoms with E-state index < -0.39 is 17.5 Å². The molecular formula is C28H42Cl3N6O3-3. The Morgan fingerprint density at radius 3 is 1.57 bits per heavy atom. The van der Waals surface area contributed by atoms with E-state index in [9.17, 15) is 14.4 Å². The van der Waals surface area contributed by atoms with E-state index >= 15 is 0 Å². The molecule has 0 aliphatic carbocycles. The zero-order valence-electron chi connectivity index (χ0n) is 23.2. The van der Waals surface area contributed by atoms with Crippen molar-refractivity contribution in [2.75, 3.05) is 39.3 Å². The molecule has 0 aromatic heterocycles. The Hall–Kier alpha value is -2.40. The molecule has 2 rings (SSSR count). The molecule has 3 amide bonds. The second kappa shape index (κ2) is 20.5. The van der Waals surface area contributed by atoms with Crippen LogP contribution < -0.4 is 59.7 Å². The van der Waals surface area contributed by atoms with Gasteiger partial charge in [-0.25, -0.2) is 0 Å². The van der Waals surface area contributed by atoms with Crippen LogP contribution in [0.4, 0.5) is 0 Å². The van der Waals surface area contributed by atoms with Crippen molar-refractivity contribution in [1.29, 1.82) is 0 Å². The Bertz CT molecular complexity index is 950. The highest BCUT2D eigenvalue weighted by Crippen LogP contribution is 2.13. The van der Waals surface area contributed by atoms with Crippen molar-refractivity contribution in [3.05, 3.63) is 71.8 Å². The molecule has 0 heterocycles. The van der Waals surface area contributed by atoms with Gasteiger partial charge >= 0.3 is 0 Å². The minimum atomic E-state index is -1.21. The average molecular weight is 617 g/mol. The van der Waals surface area contributed by atoms with Crippen LogP contribution in [0.3, 0.4) is 0 Å². The fourth-order valence-corrected chi connectivity index (χ4v) is 4.06. The maximum atomic E-state index is 13.6. The van der Waals surface area contributed by atoms with Crippen LogP contribution in [0.1, 0.15) is 31.4 Å². The molecule has 0 spiro atoms. The third-order valence-electron chi connectivity index (χ3n) is 6.17. The molecule has 0 aliphatic rings. The molecule has 0 saturated heterocycles. The third-order valence-corrected chi connectivity index (χ3v) is 6.17. The van der Waals surface area contributed by atoms with Gasteiger partial charge in [0.25, 0.3) is 0 Å². The van der Waals surface area contributed by atoms with Gasteiger partial charge in [-0.15, -0.1) is 0 Å². The maximum Gasteiger partial charge on any atom is 0.247 e. The van der Waals surface area contributed by atoms with Crippen LogP contribution in [0, 0.1) is 0 Å². The number of halogens is 3. The van der Waals surface area contributed by atoms with Crippen LogP contribution in [0.5, 0.6) is 0 Å². The van der Waals surface area contributed by atoms with Crippen molar-refractivity contribution in [2.45, 2.75) is 44.7 Å². The first-order chi connectivity index (χ1) is 17.7. The van der Waals surface area contributed by atoms with Crippen molar-refractivity contribution < 1.29 is 51.6 Å². The SMILES string of the molecule is CC(C)(NC(=O)[C@@H](N)CC(=O)N(CCN)CCN)C(=O)N(CCc1ccccc1)CCc1ccccc1.[Cl-].[Cl-].[Cl-]. The number of amides is 3. The summed E-state index contributed by atoms with van der Waals surface area (Å²) in [4.78, 5) is 42.4. The van der Waals surface area contributed by atoms with E-state index in [-0.39, 0.29) is 68.5 Å². The summed E-state index contributed by atoms with van der Waals surface area (Å²) < 4.78 is 0.